The summed E-state index contributed by atoms with van der Waals surface area (Å²) in [7, 11) is 4.00. The summed E-state index contributed by atoms with van der Waals surface area (Å²) in [5, 5.41) is 3.70. The first kappa shape index (κ1) is 36.1. The molecule has 0 amide bonds. The van der Waals surface area contributed by atoms with Crippen molar-refractivity contribution in [2.75, 3.05) is 45.2 Å². The lowest BCUT2D eigenvalue weighted by Gasteiger charge is -2.38. The number of hydrogen-bond acceptors (Lipinski definition) is 11. The molecule has 0 spiro atoms. The van der Waals surface area contributed by atoms with Crippen molar-refractivity contribution in [3.8, 4) is 21.1 Å². The first-order valence-electron chi connectivity index (χ1n) is 17.8. The third-order valence-corrected chi connectivity index (χ3v) is 12.0. The van der Waals surface area contributed by atoms with Crippen LogP contribution in [0.1, 0.15) is 19.4 Å². The molecule has 4 aromatic heterocycles. The summed E-state index contributed by atoms with van der Waals surface area (Å²) in [6.45, 7) is 9.34. The minimum atomic E-state index is -0.385. The van der Waals surface area contributed by atoms with Crippen LogP contribution >= 0.6 is 34.3 Å². The normalized spacial score (nSPS) is 13.8. The average molecular weight is 776 g/mol. The van der Waals surface area contributed by atoms with Crippen molar-refractivity contribution < 1.29 is 8.83 Å². The SMILES string of the molecule is CC(C)N1CCN(c2ccc3cc(-c4nc5ccccc5s4)c(=O)oc3c2)CC1.CN(C)Cc1ccc2cc(-c3nc4c(Cl)cccc4s3)c(=O)oc2c1. The maximum Gasteiger partial charge on any atom is 0.346 e. The van der Waals surface area contributed by atoms with Crippen molar-refractivity contribution in [3.63, 3.8) is 0 Å². The summed E-state index contributed by atoms with van der Waals surface area (Å²) in [6.07, 6.45) is 0. The molecule has 1 aliphatic rings. The van der Waals surface area contributed by atoms with E-state index in [1.54, 1.807) is 6.07 Å². The molecule has 1 saturated heterocycles. The highest BCUT2D eigenvalue weighted by atomic mass is 35.5. The molecule has 4 aromatic carbocycles. The maximum absolute atomic E-state index is 12.7. The average Bonchev–Trinajstić information content (AvgIpc) is 3.80. The van der Waals surface area contributed by atoms with E-state index in [1.165, 1.54) is 22.7 Å². The van der Waals surface area contributed by atoms with Crippen LogP contribution < -0.4 is 16.2 Å². The van der Waals surface area contributed by atoms with Gasteiger partial charge in [-0.05, 0) is 88.1 Å². The van der Waals surface area contributed by atoms with Crippen LogP contribution in [-0.2, 0) is 6.54 Å². The van der Waals surface area contributed by atoms with Crippen LogP contribution in [0.4, 0.5) is 5.69 Å². The fourth-order valence-corrected chi connectivity index (χ4v) is 8.97. The number of rotatable bonds is 6. The molecule has 0 radical (unpaired) electrons. The van der Waals surface area contributed by atoms with Crippen molar-refractivity contribution in [1.29, 1.82) is 0 Å². The topological polar surface area (TPSA) is 95.9 Å². The van der Waals surface area contributed by atoms with E-state index < -0.39 is 0 Å². The van der Waals surface area contributed by atoms with Gasteiger partial charge in [0.05, 0.1) is 31.1 Å². The van der Waals surface area contributed by atoms with Gasteiger partial charge in [0.1, 0.15) is 26.7 Å². The van der Waals surface area contributed by atoms with Crippen molar-refractivity contribution in [1.82, 2.24) is 19.8 Å². The van der Waals surface area contributed by atoms with Crippen molar-refractivity contribution >= 4 is 82.3 Å². The number of fused-ring (bicyclic) bond motifs is 4. The standard InChI is InChI=1S/C23H23N3O2S.C19H15ClN2O2S/c1-15(2)25-9-11-26(12-10-25)17-8-7-16-13-18(23(27)28-20(16)14-17)22-24-19-5-3-4-6-21(19)29-22;1-22(2)10-11-6-7-12-9-13(19(23)24-15(12)8-11)18-21-17-14(20)4-3-5-16(17)25-18/h3-8,13-15H,9-12H2,1-2H3;3-9H,10H2,1-2H3. The summed E-state index contributed by atoms with van der Waals surface area (Å²) in [6, 6.07) is 29.9. The minimum Gasteiger partial charge on any atom is -0.422 e. The Labute approximate surface area is 324 Å². The Hall–Kier alpha value is -4.91. The quantitative estimate of drug-likeness (QED) is 0.153. The van der Waals surface area contributed by atoms with E-state index in [2.05, 4.69) is 44.6 Å². The minimum absolute atomic E-state index is 0.335. The van der Waals surface area contributed by atoms with E-state index in [4.69, 9.17) is 20.4 Å². The van der Waals surface area contributed by atoms with Gasteiger partial charge in [-0.1, -0.05) is 41.9 Å². The Kier molecular flexibility index (Phi) is 10.1. The molecule has 274 valence electrons. The van der Waals surface area contributed by atoms with Gasteiger partial charge in [0.2, 0.25) is 0 Å². The number of halogens is 1. The molecule has 1 aliphatic heterocycles. The largest absolute Gasteiger partial charge is 0.422 e. The van der Waals surface area contributed by atoms with Gasteiger partial charge in [-0.15, -0.1) is 22.7 Å². The Bertz CT molecular complexity index is 2730. The number of para-hydroxylation sites is 2. The number of aromatic nitrogens is 2. The summed E-state index contributed by atoms with van der Waals surface area (Å²) in [5.74, 6) is 0. The number of thiazole rings is 2. The summed E-state index contributed by atoms with van der Waals surface area (Å²) >= 11 is 9.14. The van der Waals surface area contributed by atoms with E-state index in [-0.39, 0.29) is 11.3 Å². The molecule has 9 nitrogen and oxygen atoms in total. The molecule has 0 N–H and O–H groups in total. The number of anilines is 1. The van der Waals surface area contributed by atoms with Gasteiger partial charge in [0.15, 0.2) is 0 Å². The number of benzene rings is 4. The van der Waals surface area contributed by atoms with E-state index in [1.807, 2.05) is 93.0 Å². The van der Waals surface area contributed by atoms with Crippen LogP contribution in [0.15, 0.2) is 109 Å². The zero-order valence-electron chi connectivity index (χ0n) is 30.3. The molecule has 8 aromatic rings. The van der Waals surface area contributed by atoms with E-state index in [0.29, 0.717) is 48.9 Å². The third-order valence-electron chi connectivity index (χ3n) is 9.55. The van der Waals surface area contributed by atoms with Gasteiger partial charge in [-0.25, -0.2) is 19.6 Å². The predicted molar refractivity (Wildman–Crippen MR) is 224 cm³/mol. The highest BCUT2D eigenvalue weighted by molar-refractivity contribution is 7.22. The third kappa shape index (κ3) is 7.42. The van der Waals surface area contributed by atoms with Crippen LogP contribution in [0.2, 0.25) is 5.02 Å². The molecule has 0 aliphatic carbocycles. The second-order valence-corrected chi connectivity index (χ2v) is 16.4. The molecule has 5 heterocycles. The second-order valence-electron chi connectivity index (χ2n) is 13.9. The van der Waals surface area contributed by atoms with Crippen molar-refractivity contribution in [2.24, 2.45) is 0 Å². The first-order valence-corrected chi connectivity index (χ1v) is 19.8. The van der Waals surface area contributed by atoms with Crippen LogP contribution in [0.3, 0.4) is 0 Å². The lowest BCUT2D eigenvalue weighted by atomic mass is 10.1. The Morgan fingerprint density at radius 1 is 0.741 bits per heavy atom. The van der Waals surface area contributed by atoms with Gasteiger partial charge in [-0.3, -0.25) is 4.90 Å². The Balaban J connectivity index is 0.000000155. The molecule has 0 atom stereocenters. The van der Waals surface area contributed by atoms with Crippen LogP contribution in [0.25, 0.3) is 63.5 Å². The highest BCUT2D eigenvalue weighted by Crippen LogP contribution is 2.34. The zero-order valence-corrected chi connectivity index (χ0v) is 32.7. The molecule has 0 bridgehead atoms. The van der Waals surface area contributed by atoms with E-state index >= 15 is 0 Å². The van der Waals surface area contributed by atoms with E-state index in [9.17, 15) is 9.59 Å². The summed E-state index contributed by atoms with van der Waals surface area (Å²) < 4.78 is 13.3. The number of nitrogens with zero attached hydrogens (tertiary/aromatic N) is 5. The Morgan fingerprint density at radius 2 is 1.37 bits per heavy atom. The molecule has 1 fully saturated rings. The molecule has 0 unspecified atom stereocenters. The van der Waals surface area contributed by atoms with Crippen molar-refractivity contribution in [2.45, 2.75) is 26.4 Å². The van der Waals surface area contributed by atoms with Gasteiger partial charge in [0.25, 0.3) is 0 Å². The molecular formula is C42H38ClN5O4S2. The monoisotopic (exact) mass is 775 g/mol. The molecule has 12 heteroatoms. The fraction of sp³-hybridized carbons (Fsp3) is 0.238. The van der Waals surface area contributed by atoms with Gasteiger partial charge in [-0.2, -0.15) is 0 Å². The fourth-order valence-electron chi connectivity index (χ4n) is 6.73. The predicted octanol–water partition coefficient (Wildman–Crippen LogP) is 9.38. The van der Waals surface area contributed by atoms with Gasteiger partial charge < -0.3 is 18.6 Å². The van der Waals surface area contributed by atoms with Crippen LogP contribution in [-0.4, -0.2) is 66.1 Å². The maximum atomic E-state index is 12.7. The molecular weight excluding hydrogens is 738 g/mol. The zero-order chi connectivity index (χ0) is 37.5. The van der Waals surface area contributed by atoms with Gasteiger partial charge >= 0.3 is 11.3 Å². The molecule has 0 saturated carbocycles. The van der Waals surface area contributed by atoms with Crippen LogP contribution in [0, 0.1) is 0 Å². The lowest BCUT2D eigenvalue weighted by molar-refractivity contribution is 0.209. The molecule has 9 rings (SSSR count). The first-order chi connectivity index (χ1) is 26.1. The van der Waals surface area contributed by atoms with E-state index in [0.717, 1.165) is 69.7 Å². The second kappa shape index (κ2) is 15.1. The lowest BCUT2D eigenvalue weighted by Crippen LogP contribution is -2.48. The van der Waals surface area contributed by atoms with Crippen molar-refractivity contribution in [3.05, 3.63) is 122 Å². The number of piperazine rings is 1. The smallest absolute Gasteiger partial charge is 0.346 e. The Morgan fingerprint density at radius 3 is 2.04 bits per heavy atom. The number of hydrogen-bond donors (Lipinski definition) is 0. The molecule has 54 heavy (non-hydrogen) atoms. The van der Waals surface area contributed by atoms with Gasteiger partial charge in [0, 0.05) is 61.3 Å². The summed E-state index contributed by atoms with van der Waals surface area (Å²) in [5.41, 5.74) is 5.31. The summed E-state index contributed by atoms with van der Waals surface area (Å²) in [4.78, 5) is 41.2. The van der Waals surface area contributed by atoms with Crippen LogP contribution in [0.5, 0.6) is 0 Å². The highest BCUT2D eigenvalue weighted by Gasteiger charge is 2.20.